The molecular formula is C26H22N4O. The largest absolute Gasteiger partial charge is 0.342 e. The molecule has 2 heterocycles. The first-order valence-corrected chi connectivity index (χ1v) is 10.7. The number of aromatic amines is 2. The third-order valence-corrected chi connectivity index (χ3v) is 6.25. The summed E-state index contributed by atoms with van der Waals surface area (Å²) in [5, 5.41) is 5.80. The molecular weight excluding hydrogens is 384 g/mol. The van der Waals surface area contributed by atoms with Crippen molar-refractivity contribution in [3.63, 3.8) is 0 Å². The van der Waals surface area contributed by atoms with Gasteiger partial charge in [-0.2, -0.15) is 0 Å². The van der Waals surface area contributed by atoms with Crippen LogP contribution in [0.3, 0.4) is 0 Å². The Morgan fingerprint density at radius 3 is 1.94 bits per heavy atom. The van der Waals surface area contributed by atoms with Crippen molar-refractivity contribution in [3.8, 4) is 22.5 Å². The molecule has 0 aliphatic rings. The summed E-state index contributed by atoms with van der Waals surface area (Å²) in [5.74, 6) is 2.22. The Kier molecular flexibility index (Phi) is 3.72. The number of H-pyrrole nitrogens is 2. The predicted octanol–water partition coefficient (Wildman–Crippen LogP) is 5.85. The molecule has 0 radical (unpaired) electrons. The highest BCUT2D eigenvalue weighted by molar-refractivity contribution is 6.27. The van der Waals surface area contributed by atoms with Crippen molar-refractivity contribution in [2.75, 3.05) is 0 Å². The molecule has 0 fully saturated rings. The number of aromatic nitrogens is 4. The molecule has 0 saturated heterocycles. The average molecular weight is 406 g/mol. The van der Waals surface area contributed by atoms with E-state index >= 15 is 0 Å². The van der Waals surface area contributed by atoms with Gasteiger partial charge in [0.1, 0.15) is 11.6 Å². The van der Waals surface area contributed by atoms with Crippen molar-refractivity contribution in [1.29, 1.82) is 0 Å². The molecule has 0 saturated carbocycles. The van der Waals surface area contributed by atoms with Crippen molar-refractivity contribution in [2.45, 2.75) is 33.1 Å². The van der Waals surface area contributed by atoms with Gasteiger partial charge >= 0.3 is 0 Å². The van der Waals surface area contributed by atoms with E-state index in [1.165, 1.54) is 0 Å². The summed E-state index contributed by atoms with van der Waals surface area (Å²) in [6.07, 6.45) is 4.55. The number of hydrogen-bond donors (Lipinski definition) is 2. The Morgan fingerprint density at radius 2 is 1.42 bits per heavy atom. The lowest BCUT2D eigenvalue weighted by molar-refractivity contribution is 0.795. The summed E-state index contributed by atoms with van der Waals surface area (Å²) < 4.78 is 0. The van der Waals surface area contributed by atoms with Crippen molar-refractivity contribution in [3.05, 3.63) is 70.7 Å². The third-order valence-electron chi connectivity index (χ3n) is 6.25. The highest BCUT2D eigenvalue weighted by Gasteiger charge is 2.19. The number of aryl methyl sites for hydroxylation is 1. The maximum atomic E-state index is 13.5. The van der Waals surface area contributed by atoms with Crippen LogP contribution in [-0.4, -0.2) is 19.9 Å². The maximum absolute atomic E-state index is 13.5. The monoisotopic (exact) mass is 406 g/mol. The van der Waals surface area contributed by atoms with E-state index in [4.69, 9.17) is 0 Å². The molecule has 6 rings (SSSR count). The van der Waals surface area contributed by atoms with Crippen LogP contribution in [0.1, 0.15) is 38.3 Å². The zero-order valence-corrected chi connectivity index (χ0v) is 17.7. The van der Waals surface area contributed by atoms with Crippen molar-refractivity contribution < 1.29 is 0 Å². The molecule has 0 unspecified atom stereocenters. The molecule has 0 bridgehead atoms. The molecule has 2 N–H and O–H groups in total. The molecule has 2 aromatic heterocycles. The fraction of sp³-hybridized carbons (Fsp3) is 0.192. The van der Waals surface area contributed by atoms with Gasteiger partial charge in [-0.25, -0.2) is 9.97 Å². The van der Waals surface area contributed by atoms with E-state index in [0.29, 0.717) is 5.92 Å². The summed E-state index contributed by atoms with van der Waals surface area (Å²) in [5.41, 5.74) is 3.95. The first-order valence-electron chi connectivity index (χ1n) is 10.7. The minimum atomic E-state index is 0.0822. The van der Waals surface area contributed by atoms with Crippen LogP contribution >= 0.6 is 0 Å². The molecule has 6 aromatic rings. The lowest BCUT2D eigenvalue weighted by Gasteiger charge is -2.07. The van der Waals surface area contributed by atoms with Gasteiger partial charge in [0, 0.05) is 45.0 Å². The molecule has 31 heavy (non-hydrogen) atoms. The minimum absolute atomic E-state index is 0.0822. The second kappa shape index (κ2) is 6.38. The molecule has 0 spiro atoms. The van der Waals surface area contributed by atoms with Gasteiger partial charge in [0.05, 0.1) is 23.8 Å². The fourth-order valence-electron chi connectivity index (χ4n) is 4.61. The molecule has 0 atom stereocenters. The van der Waals surface area contributed by atoms with Gasteiger partial charge in [0.2, 0.25) is 0 Å². The Balaban J connectivity index is 1.61. The predicted molar refractivity (Wildman–Crippen MR) is 126 cm³/mol. The second-order valence-electron chi connectivity index (χ2n) is 8.57. The van der Waals surface area contributed by atoms with E-state index in [0.717, 1.165) is 72.9 Å². The topological polar surface area (TPSA) is 74.4 Å². The van der Waals surface area contributed by atoms with Crippen molar-refractivity contribution >= 4 is 32.3 Å². The molecule has 0 aliphatic heterocycles. The number of nitrogens with one attached hydrogen (secondary N) is 2. The SMILES string of the molecule is CCc1ncc(-c2cc3ccc4cc(-c5cnc(C(C)C)[nH]5)cc5c(=O)c(c2)c3c45)[nH]1. The van der Waals surface area contributed by atoms with Gasteiger partial charge in [-0.3, -0.25) is 4.79 Å². The second-order valence-corrected chi connectivity index (χ2v) is 8.57. The standard InChI is InChI=1S/C26H22N4O/c1-4-22-27-11-20(29-22)16-7-14-5-6-15-8-17(21-12-28-26(30-21)13(2)3)10-19-24(15)23(14)18(9-16)25(19)31/h5-13H,4H2,1-3H3,(H,27,29)(H,28,30). The number of benzene rings is 3. The fourth-order valence-corrected chi connectivity index (χ4v) is 4.61. The molecule has 0 amide bonds. The van der Waals surface area contributed by atoms with E-state index in [2.05, 4.69) is 65.0 Å². The first kappa shape index (κ1) is 18.1. The summed E-state index contributed by atoms with van der Waals surface area (Å²) in [4.78, 5) is 29.2. The Morgan fingerprint density at radius 1 is 0.839 bits per heavy atom. The number of rotatable bonds is 4. The highest BCUT2D eigenvalue weighted by atomic mass is 16.1. The maximum Gasteiger partial charge on any atom is 0.194 e. The van der Waals surface area contributed by atoms with Crippen LogP contribution in [0.25, 0.3) is 54.8 Å². The lowest BCUT2D eigenvalue weighted by atomic mass is 9.97. The van der Waals surface area contributed by atoms with E-state index in [-0.39, 0.29) is 5.43 Å². The normalized spacial score (nSPS) is 12.3. The van der Waals surface area contributed by atoms with Crippen LogP contribution in [0.2, 0.25) is 0 Å². The zero-order valence-electron chi connectivity index (χ0n) is 17.7. The van der Waals surface area contributed by atoms with Crippen LogP contribution in [0.15, 0.2) is 53.6 Å². The van der Waals surface area contributed by atoms with Crippen LogP contribution in [0.4, 0.5) is 0 Å². The Hall–Kier alpha value is -3.73. The van der Waals surface area contributed by atoms with Crippen molar-refractivity contribution in [1.82, 2.24) is 19.9 Å². The summed E-state index contributed by atoms with van der Waals surface area (Å²) >= 11 is 0. The molecule has 4 aromatic carbocycles. The average Bonchev–Trinajstić information content (AvgIpc) is 3.51. The summed E-state index contributed by atoms with van der Waals surface area (Å²) in [7, 11) is 0. The molecule has 5 nitrogen and oxygen atoms in total. The smallest absolute Gasteiger partial charge is 0.194 e. The summed E-state index contributed by atoms with van der Waals surface area (Å²) in [6.45, 7) is 6.29. The minimum Gasteiger partial charge on any atom is -0.342 e. The van der Waals surface area contributed by atoms with E-state index in [9.17, 15) is 4.79 Å². The van der Waals surface area contributed by atoms with E-state index < -0.39 is 0 Å². The number of imidazole rings is 2. The van der Waals surface area contributed by atoms with Gasteiger partial charge in [-0.1, -0.05) is 32.9 Å². The van der Waals surface area contributed by atoms with E-state index in [1.807, 2.05) is 24.5 Å². The van der Waals surface area contributed by atoms with Crippen LogP contribution < -0.4 is 5.43 Å². The van der Waals surface area contributed by atoms with Gasteiger partial charge in [-0.05, 0) is 35.0 Å². The zero-order chi connectivity index (χ0) is 21.3. The number of nitrogens with zero attached hydrogens (tertiary/aromatic N) is 2. The van der Waals surface area contributed by atoms with Gasteiger partial charge in [-0.15, -0.1) is 0 Å². The number of hydrogen-bond acceptors (Lipinski definition) is 3. The van der Waals surface area contributed by atoms with Gasteiger partial charge in [0.15, 0.2) is 5.43 Å². The summed E-state index contributed by atoms with van der Waals surface area (Å²) in [6, 6.07) is 12.5. The highest BCUT2D eigenvalue weighted by Crippen LogP contribution is 2.38. The first-order chi connectivity index (χ1) is 15.0. The van der Waals surface area contributed by atoms with Gasteiger partial charge < -0.3 is 9.97 Å². The quantitative estimate of drug-likeness (QED) is 0.361. The van der Waals surface area contributed by atoms with Crippen LogP contribution in [0, 0.1) is 0 Å². The van der Waals surface area contributed by atoms with Gasteiger partial charge in [0.25, 0.3) is 0 Å². The van der Waals surface area contributed by atoms with Crippen LogP contribution in [0.5, 0.6) is 0 Å². The lowest BCUT2D eigenvalue weighted by Crippen LogP contribution is -1.95. The Bertz CT molecular complexity index is 1620. The van der Waals surface area contributed by atoms with E-state index in [1.54, 1.807) is 0 Å². The van der Waals surface area contributed by atoms with Crippen LogP contribution in [-0.2, 0) is 6.42 Å². The Labute approximate surface area is 178 Å². The molecule has 152 valence electrons. The molecule has 5 heteroatoms. The van der Waals surface area contributed by atoms with Crippen molar-refractivity contribution in [2.24, 2.45) is 0 Å². The third kappa shape index (κ3) is 2.59. The molecule has 0 aliphatic carbocycles.